The van der Waals surface area contributed by atoms with Crippen molar-refractivity contribution in [2.24, 2.45) is 12.9 Å². The highest BCUT2D eigenvalue weighted by Crippen LogP contribution is 2.25. The minimum atomic E-state index is -0.0592. The molecule has 1 unspecified atom stereocenters. The number of rotatable bonds is 4. The molecule has 0 bridgehead atoms. The Hall–Kier alpha value is -1.18. The fourth-order valence-corrected chi connectivity index (χ4v) is 2.02. The highest BCUT2D eigenvalue weighted by atomic mass is 79.9. The van der Waals surface area contributed by atoms with E-state index in [1.54, 1.807) is 10.9 Å². The molecule has 6 nitrogen and oxygen atoms in total. The van der Waals surface area contributed by atoms with Gasteiger partial charge in [-0.15, -0.1) is 0 Å². The molecule has 2 aromatic heterocycles. The molecule has 0 saturated heterocycles. The second kappa shape index (κ2) is 4.77. The van der Waals surface area contributed by atoms with Crippen LogP contribution in [-0.4, -0.2) is 14.8 Å². The molecule has 2 rings (SSSR count). The lowest BCUT2D eigenvalue weighted by atomic mass is 10.1. The monoisotopic (exact) mass is 285 g/mol. The van der Waals surface area contributed by atoms with Crippen molar-refractivity contribution in [3.8, 4) is 0 Å². The second-order valence-corrected chi connectivity index (χ2v) is 4.09. The number of hydrogen-bond donors (Lipinski definition) is 2. The first-order valence-electron chi connectivity index (χ1n) is 4.74. The Bertz CT molecular complexity index is 466. The van der Waals surface area contributed by atoms with E-state index >= 15 is 0 Å². The van der Waals surface area contributed by atoms with Crippen molar-refractivity contribution in [3.63, 3.8) is 0 Å². The normalized spacial score (nSPS) is 12.9. The van der Waals surface area contributed by atoms with Crippen LogP contribution in [0.5, 0.6) is 0 Å². The number of furan rings is 1. The minimum absolute atomic E-state index is 0.0592. The van der Waals surface area contributed by atoms with Crippen LogP contribution >= 0.6 is 15.9 Å². The standard InChI is InChI=1S/C9H12BrN5O/c1-15-8(12-5-13-15)4-7(14-11)6-2-3-16-9(6)10/h2-3,5,7,14H,4,11H2,1H3. The first kappa shape index (κ1) is 11.3. The highest BCUT2D eigenvalue weighted by Gasteiger charge is 2.17. The van der Waals surface area contributed by atoms with Crippen LogP contribution in [0.4, 0.5) is 0 Å². The van der Waals surface area contributed by atoms with E-state index in [1.807, 2.05) is 13.1 Å². The molecule has 0 aliphatic rings. The molecule has 0 spiro atoms. The largest absolute Gasteiger partial charge is 0.457 e. The fraction of sp³-hybridized carbons (Fsp3) is 0.333. The maximum atomic E-state index is 5.53. The lowest BCUT2D eigenvalue weighted by Gasteiger charge is -2.13. The van der Waals surface area contributed by atoms with Crippen LogP contribution in [0.15, 0.2) is 27.7 Å². The summed E-state index contributed by atoms with van der Waals surface area (Å²) in [6.45, 7) is 0. The zero-order valence-corrected chi connectivity index (χ0v) is 10.3. The molecule has 0 fully saturated rings. The van der Waals surface area contributed by atoms with Gasteiger partial charge in [0.2, 0.25) is 0 Å². The molecule has 3 N–H and O–H groups in total. The fourth-order valence-electron chi connectivity index (χ4n) is 1.50. The number of nitrogens with zero attached hydrogens (tertiary/aromatic N) is 3. The molecular weight excluding hydrogens is 274 g/mol. The topological polar surface area (TPSA) is 81.9 Å². The summed E-state index contributed by atoms with van der Waals surface area (Å²) in [6, 6.07) is 1.81. The molecule has 0 amide bonds. The van der Waals surface area contributed by atoms with Gasteiger partial charge >= 0.3 is 0 Å². The van der Waals surface area contributed by atoms with Crippen LogP contribution in [0.1, 0.15) is 17.4 Å². The van der Waals surface area contributed by atoms with Crippen molar-refractivity contribution in [1.82, 2.24) is 20.2 Å². The van der Waals surface area contributed by atoms with Crippen molar-refractivity contribution in [1.29, 1.82) is 0 Å². The van der Waals surface area contributed by atoms with Crippen LogP contribution in [0.3, 0.4) is 0 Å². The van der Waals surface area contributed by atoms with Gasteiger partial charge in [0.25, 0.3) is 0 Å². The maximum absolute atomic E-state index is 5.53. The van der Waals surface area contributed by atoms with Gasteiger partial charge in [-0.25, -0.2) is 4.98 Å². The number of nitrogens with one attached hydrogen (secondary N) is 1. The minimum Gasteiger partial charge on any atom is -0.457 e. The first-order valence-corrected chi connectivity index (χ1v) is 5.53. The summed E-state index contributed by atoms with van der Waals surface area (Å²) < 4.78 is 7.57. The number of aromatic nitrogens is 3. The summed E-state index contributed by atoms with van der Waals surface area (Å²) >= 11 is 3.33. The Kier molecular flexibility index (Phi) is 3.37. The first-order chi connectivity index (χ1) is 7.72. The lowest BCUT2D eigenvalue weighted by molar-refractivity contribution is 0.494. The maximum Gasteiger partial charge on any atom is 0.173 e. The predicted octanol–water partition coefficient (Wildman–Crippen LogP) is 0.918. The van der Waals surface area contributed by atoms with Crippen molar-refractivity contribution >= 4 is 15.9 Å². The molecule has 0 aliphatic heterocycles. The Labute approximate surface area is 101 Å². The third-order valence-corrected chi connectivity index (χ3v) is 3.06. The molecule has 7 heteroatoms. The van der Waals surface area contributed by atoms with E-state index < -0.39 is 0 Å². The van der Waals surface area contributed by atoms with Crippen LogP contribution in [-0.2, 0) is 13.5 Å². The Morgan fingerprint density at radius 2 is 2.50 bits per heavy atom. The molecule has 2 heterocycles. The average Bonchev–Trinajstić information content (AvgIpc) is 2.85. The Balaban J connectivity index is 2.19. The van der Waals surface area contributed by atoms with Crippen molar-refractivity contribution < 1.29 is 4.42 Å². The Morgan fingerprint density at radius 3 is 3.00 bits per heavy atom. The summed E-state index contributed by atoms with van der Waals surface area (Å²) in [4.78, 5) is 4.15. The van der Waals surface area contributed by atoms with E-state index in [0.717, 1.165) is 11.4 Å². The quantitative estimate of drug-likeness (QED) is 0.645. The number of aryl methyl sites for hydroxylation is 1. The molecule has 2 aromatic rings. The van der Waals surface area contributed by atoms with Crippen LogP contribution in [0, 0.1) is 0 Å². The number of hydrogen-bond acceptors (Lipinski definition) is 5. The van der Waals surface area contributed by atoms with Gasteiger partial charge in [0.1, 0.15) is 12.2 Å². The third-order valence-electron chi connectivity index (χ3n) is 2.41. The summed E-state index contributed by atoms with van der Waals surface area (Å²) in [6.07, 6.45) is 3.78. The van der Waals surface area contributed by atoms with Gasteiger partial charge in [-0.1, -0.05) is 0 Å². The van der Waals surface area contributed by atoms with E-state index in [1.165, 1.54) is 6.33 Å². The summed E-state index contributed by atoms with van der Waals surface area (Å²) in [5.74, 6) is 6.39. The lowest BCUT2D eigenvalue weighted by Crippen LogP contribution is -2.30. The van der Waals surface area contributed by atoms with Crippen LogP contribution < -0.4 is 11.3 Å². The summed E-state index contributed by atoms with van der Waals surface area (Å²) in [5.41, 5.74) is 3.70. The SMILES string of the molecule is Cn1ncnc1CC(NN)c1ccoc1Br. The van der Waals surface area contributed by atoms with E-state index in [-0.39, 0.29) is 6.04 Å². The van der Waals surface area contributed by atoms with Gasteiger partial charge < -0.3 is 4.42 Å². The zero-order chi connectivity index (χ0) is 11.5. The summed E-state index contributed by atoms with van der Waals surface area (Å²) in [7, 11) is 1.85. The van der Waals surface area contributed by atoms with Crippen LogP contribution in [0.2, 0.25) is 0 Å². The molecule has 0 aliphatic carbocycles. The van der Waals surface area contributed by atoms with E-state index in [2.05, 4.69) is 31.4 Å². The smallest absolute Gasteiger partial charge is 0.173 e. The molecule has 0 saturated carbocycles. The number of hydrazine groups is 1. The second-order valence-electron chi connectivity index (χ2n) is 3.37. The zero-order valence-electron chi connectivity index (χ0n) is 8.72. The molecule has 86 valence electrons. The van der Waals surface area contributed by atoms with E-state index in [4.69, 9.17) is 10.3 Å². The predicted molar refractivity (Wildman–Crippen MR) is 61.2 cm³/mol. The summed E-state index contributed by atoms with van der Waals surface area (Å²) in [5, 5.41) is 4.01. The van der Waals surface area contributed by atoms with Crippen molar-refractivity contribution in [3.05, 3.63) is 34.7 Å². The van der Waals surface area contributed by atoms with Crippen molar-refractivity contribution in [2.45, 2.75) is 12.5 Å². The van der Waals surface area contributed by atoms with E-state index in [0.29, 0.717) is 11.1 Å². The van der Waals surface area contributed by atoms with Crippen molar-refractivity contribution in [2.75, 3.05) is 0 Å². The van der Waals surface area contributed by atoms with Gasteiger partial charge in [0, 0.05) is 19.0 Å². The van der Waals surface area contributed by atoms with Crippen LogP contribution in [0.25, 0.3) is 0 Å². The molecule has 0 radical (unpaired) electrons. The number of halogens is 1. The highest BCUT2D eigenvalue weighted by molar-refractivity contribution is 9.10. The molecule has 1 atom stereocenters. The third kappa shape index (κ3) is 2.16. The molecule has 0 aromatic carbocycles. The van der Waals surface area contributed by atoms with Gasteiger partial charge in [-0.2, -0.15) is 5.10 Å². The Morgan fingerprint density at radius 1 is 1.69 bits per heavy atom. The van der Waals surface area contributed by atoms with Gasteiger partial charge in [0.05, 0.1) is 12.3 Å². The van der Waals surface area contributed by atoms with Gasteiger partial charge in [-0.05, 0) is 22.0 Å². The molecule has 16 heavy (non-hydrogen) atoms. The number of nitrogens with two attached hydrogens (primary N) is 1. The van der Waals surface area contributed by atoms with E-state index in [9.17, 15) is 0 Å². The van der Waals surface area contributed by atoms with Gasteiger partial charge in [0.15, 0.2) is 4.67 Å². The average molecular weight is 286 g/mol. The van der Waals surface area contributed by atoms with Gasteiger partial charge in [-0.3, -0.25) is 16.0 Å². The molecular formula is C9H12BrN5O.